The lowest BCUT2D eigenvalue weighted by Crippen LogP contribution is -2.04. The molecule has 3 rings (SSSR count). The van der Waals surface area contributed by atoms with Crippen LogP contribution in [-0.4, -0.2) is 9.55 Å². The van der Waals surface area contributed by atoms with Crippen molar-refractivity contribution < 1.29 is 13.2 Å². The molecule has 3 aromatic rings. The van der Waals surface area contributed by atoms with Gasteiger partial charge in [0, 0.05) is 6.54 Å². The van der Waals surface area contributed by atoms with Gasteiger partial charge in [-0.1, -0.05) is 30.3 Å². The van der Waals surface area contributed by atoms with E-state index in [1.165, 1.54) is 6.07 Å². The van der Waals surface area contributed by atoms with Crippen LogP contribution in [0.4, 0.5) is 13.2 Å². The Morgan fingerprint density at radius 1 is 1.00 bits per heavy atom. The Balaban J connectivity index is 1.98. The highest BCUT2D eigenvalue weighted by Crippen LogP contribution is 2.31. The van der Waals surface area contributed by atoms with E-state index in [9.17, 15) is 13.2 Å². The molecular weight excluding hydrogens is 265 g/mol. The van der Waals surface area contributed by atoms with Crippen LogP contribution in [0.2, 0.25) is 0 Å². The summed E-state index contributed by atoms with van der Waals surface area (Å²) in [6.45, 7) is 0.586. The van der Waals surface area contributed by atoms with Crippen LogP contribution in [0.25, 0.3) is 11.0 Å². The number of aromatic nitrogens is 2. The molecule has 2 aromatic carbocycles. The molecule has 2 nitrogen and oxygen atoms in total. The summed E-state index contributed by atoms with van der Waals surface area (Å²) in [6.07, 6.45) is -2.77. The van der Waals surface area contributed by atoms with Crippen LogP contribution in [0.15, 0.2) is 54.9 Å². The van der Waals surface area contributed by atoms with Crippen molar-refractivity contribution in [2.75, 3.05) is 0 Å². The van der Waals surface area contributed by atoms with Crippen molar-refractivity contribution in [1.82, 2.24) is 9.55 Å². The molecule has 0 amide bonds. The Kier molecular flexibility index (Phi) is 2.97. The van der Waals surface area contributed by atoms with E-state index in [0.29, 0.717) is 17.6 Å². The molecule has 0 fully saturated rings. The Bertz CT molecular complexity index is 730. The third-order valence-electron chi connectivity index (χ3n) is 3.14. The predicted octanol–water partition coefficient (Wildman–Crippen LogP) is 4.10. The van der Waals surface area contributed by atoms with Gasteiger partial charge in [-0.2, -0.15) is 13.2 Å². The Labute approximate surface area is 113 Å². The fourth-order valence-electron chi connectivity index (χ4n) is 2.15. The summed E-state index contributed by atoms with van der Waals surface area (Å²) < 4.78 is 39.7. The van der Waals surface area contributed by atoms with E-state index in [1.807, 2.05) is 34.9 Å². The molecule has 102 valence electrons. The van der Waals surface area contributed by atoms with Crippen LogP contribution in [0.5, 0.6) is 0 Å². The first-order valence-corrected chi connectivity index (χ1v) is 6.10. The van der Waals surface area contributed by atoms with E-state index in [2.05, 4.69) is 4.98 Å². The minimum absolute atomic E-state index is 0.357. The molecule has 1 aromatic heterocycles. The lowest BCUT2D eigenvalue weighted by Gasteiger charge is -2.07. The van der Waals surface area contributed by atoms with Crippen molar-refractivity contribution >= 4 is 11.0 Å². The topological polar surface area (TPSA) is 17.8 Å². The van der Waals surface area contributed by atoms with E-state index in [4.69, 9.17) is 0 Å². The average molecular weight is 276 g/mol. The van der Waals surface area contributed by atoms with Gasteiger partial charge in [-0.05, 0) is 23.8 Å². The Hall–Kier alpha value is -2.30. The maximum Gasteiger partial charge on any atom is 0.416 e. The normalized spacial score (nSPS) is 11.9. The summed E-state index contributed by atoms with van der Waals surface area (Å²) in [5.41, 5.74) is 1.46. The van der Waals surface area contributed by atoms with Crippen molar-refractivity contribution in [3.63, 3.8) is 0 Å². The minimum Gasteiger partial charge on any atom is -0.326 e. The van der Waals surface area contributed by atoms with E-state index in [1.54, 1.807) is 6.33 Å². The van der Waals surface area contributed by atoms with Crippen molar-refractivity contribution in [3.05, 3.63) is 66.0 Å². The monoisotopic (exact) mass is 276 g/mol. The summed E-state index contributed by atoms with van der Waals surface area (Å²) in [7, 11) is 0. The van der Waals surface area contributed by atoms with E-state index in [0.717, 1.165) is 17.7 Å². The molecule has 0 saturated carbocycles. The fourth-order valence-corrected chi connectivity index (χ4v) is 2.15. The van der Waals surface area contributed by atoms with Gasteiger partial charge in [0.05, 0.1) is 22.9 Å². The molecule has 0 N–H and O–H groups in total. The molecule has 5 heteroatoms. The Morgan fingerprint density at radius 3 is 2.45 bits per heavy atom. The molecule has 0 aliphatic carbocycles. The maximum absolute atomic E-state index is 12.6. The van der Waals surface area contributed by atoms with Gasteiger partial charge in [0.1, 0.15) is 0 Å². The first-order chi connectivity index (χ1) is 9.54. The van der Waals surface area contributed by atoms with Gasteiger partial charge in [-0.3, -0.25) is 0 Å². The second-order valence-electron chi connectivity index (χ2n) is 4.56. The molecule has 0 atom stereocenters. The zero-order chi connectivity index (χ0) is 14.2. The highest BCUT2D eigenvalue weighted by molar-refractivity contribution is 5.76. The molecule has 0 saturated heterocycles. The van der Waals surface area contributed by atoms with Crippen LogP contribution in [0.3, 0.4) is 0 Å². The lowest BCUT2D eigenvalue weighted by atomic mass is 10.2. The fraction of sp³-hybridized carbons (Fsp3) is 0.133. The highest BCUT2D eigenvalue weighted by Gasteiger charge is 2.30. The summed E-state index contributed by atoms with van der Waals surface area (Å²) in [5, 5.41) is 0. The largest absolute Gasteiger partial charge is 0.416 e. The lowest BCUT2D eigenvalue weighted by molar-refractivity contribution is -0.137. The number of hydrogen-bond donors (Lipinski definition) is 0. The summed E-state index contributed by atoms with van der Waals surface area (Å²) in [5.74, 6) is 0. The summed E-state index contributed by atoms with van der Waals surface area (Å²) in [6, 6.07) is 13.3. The molecular formula is C15H11F3N2. The van der Waals surface area contributed by atoms with Crippen molar-refractivity contribution in [2.24, 2.45) is 0 Å². The first kappa shape index (κ1) is 12.7. The number of imidazole rings is 1. The molecule has 20 heavy (non-hydrogen) atoms. The van der Waals surface area contributed by atoms with Gasteiger partial charge in [-0.25, -0.2) is 4.98 Å². The first-order valence-electron chi connectivity index (χ1n) is 6.10. The molecule has 0 spiro atoms. The van der Waals surface area contributed by atoms with Crippen LogP contribution < -0.4 is 0 Å². The molecule has 0 bridgehead atoms. The third-order valence-corrected chi connectivity index (χ3v) is 3.14. The molecule has 0 unspecified atom stereocenters. The predicted molar refractivity (Wildman–Crippen MR) is 70.3 cm³/mol. The van der Waals surface area contributed by atoms with Gasteiger partial charge in [-0.15, -0.1) is 0 Å². The maximum atomic E-state index is 12.6. The van der Waals surface area contributed by atoms with E-state index < -0.39 is 11.7 Å². The SMILES string of the molecule is FC(F)(F)c1ccc2c(c1)ncn2Cc1ccccc1. The van der Waals surface area contributed by atoms with Crippen LogP contribution in [-0.2, 0) is 12.7 Å². The van der Waals surface area contributed by atoms with Gasteiger partial charge >= 0.3 is 6.18 Å². The third kappa shape index (κ3) is 2.39. The number of halogens is 3. The number of benzene rings is 2. The van der Waals surface area contributed by atoms with Crippen molar-refractivity contribution in [3.8, 4) is 0 Å². The summed E-state index contributed by atoms with van der Waals surface area (Å²) >= 11 is 0. The Morgan fingerprint density at radius 2 is 1.75 bits per heavy atom. The average Bonchev–Trinajstić information content (AvgIpc) is 2.81. The van der Waals surface area contributed by atoms with Gasteiger partial charge in [0.2, 0.25) is 0 Å². The van der Waals surface area contributed by atoms with Crippen LogP contribution in [0, 0.1) is 0 Å². The van der Waals surface area contributed by atoms with E-state index in [-0.39, 0.29) is 0 Å². The van der Waals surface area contributed by atoms with Gasteiger partial charge in [0.25, 0.3) is 0 Å². The smallest absolute Gasteiger partial charge is 0.326 e. The number of hydrogen-bond acceptors (Lipinski definition) is 1. The number of alkyl halides is 3. The van der Waals surface area contributed by atoms with Gasteiger partial charge < -0.3 is 4.57 Å². The van der Waals surface area contributed by atoms with E-state index >= 15 is 0 Å². The zero-order valence-electron chi connectivity index (χ0n) is 10.4. The molecule has 0 radical (unpaired) electrons. The molecule has 1 heterocycles. The number of fused-ring (bicyclic) bond motifs is 1. The number of nitrogens with zero attached hydrogens (tertiary/aromatic N) is 2. The van der Waals surface area contributed by atoms with Gasteiger partial charge in [0.15, 0.2) is 0 Å². The van der Waals surface area contributed by atoms with Crippen molar-refractivity contribution in [1.29, 1.82) is 0 Å². The van der Waals surface area contributed by atoms with Crippen molar-refractivity contribution in [2.45, 2.75) is 12.7 Å². The second kappa shape index (κ2) is 4.67. The van der Waals surface area contributed by atoms with Crippen LogP contribution >= 0.6 is 0 Å². The quantitative estimate of drug-likeness (QED) is 0.689. The minimum atomic E-state index is -4.34. The van der Waals surface area contributed by atoms with Crippen LogP contribution in [0.1, 0.15) is 11.1 Å². The molecule has 0 aliphatic rings. The highest BCUT2D eigenvalue weighted by atomic mass is 19.4. The zero-order valence-corrected chi connectivity index (χ0v) is 10.4. The second-order valence-corrected chi connectivity index (χ2v) is 4.56. The standard InChI is InChI=1S/C15H11F3N2/c16-15(17,18)12-6-7-14-13(8-12)19-10-20(14)9-11-4-2-1-3-5-11/h1-8,10H,9H2. The summed E-state index contributed by atoms with van der Waals surface area (Å²) in [4.78, 5) is 4.05. The molecule has 0 aliphatic heterocycles. The number of rotatable bonds is 2.